The first-order chi connectivity index (χ1) is 6.70. The molecule has 1 atom stereocenters. The zero-order valence-electron chi connectivity index (χ0n) is 9.84. The average molecular weight is 198 g/mol. The molecule has 0 aliphatic carbocycles. The number of nitrogens with two attached hydrogens (primary N) is 1. The van der Waals surface area contributed by atoms with Gasteiger partial charge >= 0.3 is 0 Å². The lowest BCUT2D eigenvalue weighted by atomic mass is 10.0. The Kier molecular flexibility index (Phi) is 5.49. The fraction of sp³-hybridized carbons (Fsp3) is 1.00. The van der Waals surface area contributed by atoms with Crippen LogP contribution in [0.4, 0.5) is 0 Å². The van der Waals surface area contributed by atoms with E-state index in [0.717, 1.165) is 6.42 Å². The molecule has 0 radical (unpaired) electrons. The van der Waals surface area contributed by atoms with Crippen LogP contribution in [0.3, 0.4) is 0 Å². The maximum absolute atomic E-state index is 6.05. The van der Waals surface area contributed by atoms with Gasteiger partial charge in [-0.2, -0.15) is 0 Å². The summed E-state index contributed by atoms with van der Waals surface area (Å²) in [5.41, 5.74) is 6.05. The van der Waals surface area contributed by atoms with Crippen molar-refractivity contribution in [3.63, 3.8) is 0 Å². The molecule has 2 N–H and O–H groups in total. The van der Waals surface area contributed by atoms with Crippen molar-refractivity contribution in [1.29, 1.82) is 0 Å². The largest absolute Gasteiger partial charge is 0.327 e. The van der Waals surface area contributed by atoms with Gasteiger partial charge < -0.3 is 10.6 Å². The molecule has 0 aromatic rings. The zero-order chi connectivity index (χ0) is 10.4. The lowest BCUT2D eigenvalue weighted by Gasteiger charge is -2.23. The van der Waals surface area contributed by atoms with Gasteiger partial charge in [-0.1, -0.05) is 26.7 Å². The average Bonchev–Trinajstić information content (AvgIpc) is 2.42. The van der Waals surface area contributed by atoms with Crippen LogP contribution in [0.15, 0.2) is 0 Å². The molecule has 84 valence electrons. The molecule has 2 nitrogen and oxygen atoms in total. The predicted molar refractivity (Wildman–Crippen MR) is 62.3 cm³/mol. The smallest absolute Gasteiger partial charge is 0.00740 e. The summed E-state index contributed by atoms with van der Waals surface area (Å²) in [6.45, 7) is 8.23. The minimum Gasteiger partial charge on any atom is -0.327 e. The standard InChI is InChI=1S/C12H26N2/c1-11(2)12(13)7-10-14-8-5-3-4-6-9-14/h11-12H,3-10,13H2,1-2H3. The van der Waals surface area contributed by atoms with Crippen molar-refractivity contribution in [3.8, 4) is 0 Å². The first kappa shape index (κ1) is 12.0. The molecule has 2 heteroatoms. The van der Waals surface area contributed by atoms with Crippen LogP contribution in [0.2, 0.25) is 0 Å². The topological polar surface area (TPSA) is 29.3 Å². The lowest BCUT2D eigenvalue weighted by molar-refractivity contribution is 0.263. The lowest BCUT2D eigenvalue weighted by Crippen LogP contribution is -2.33. The van der Waals surface area contributed by atoms with Gasteiger partial charge in [-0.05, 0) is 44.8 Å². The van der Waals surface area contributed by atoms with E-state index in [1.54, 1.807) is 0 Å². The Morgan fingerprint density at radius 3 is 2.14 bits per heavy atom. The molecule has 0 spiro atoms. The molecule has 0 bridgehead atoms. The summed E-state index contributed by atoms with van der Waals surface area (Å²) in [4.78, 5) is 2.59. The third-order valence-corrected chi connectivity index (χ3v) is 3.33. The second-order valence-electron chi connectivity index (χ2n) is 4.95. The minimum absolute atomic E-state index is 0.387. The second-order valence-corrected chi connectivity index (χ2v) is 4.95. The van der Waals surface area contributed by atoms with Crippen LogP contribution in [0.5, 0.6) is 0 Å². The highest BCUT2D eigenvalue weighted by Gasteiger charge is 2.12. The maximum Gasteiger partial charge on any atom is 0.00740 e. The molecule has 14 heavy (non-hydrogen) atoms. The third kappa shape index (κ3) is 4.43. The van der Waals surface area contributed by atoms with Crippen molar-refractivity contribution in [2.45, 2.75) is 52.0 Å². The highest BCUT2D eigenvalue weighted by Crippen LogP contribution is 2.11. The molecule has 0 aromatic heterocycles. The van der Waals surface area contributed by atoms with Crippen LogP contribution in [-0.2, 0) is 0 Å². The fourth-order valence-corrected chi connectivity index (χ4v) is 2.02. The van der Waals surface area contributed by atoms with Gasteiger partial charge in [0.15, 0.2) is 0 Å². The third-order valence-electron chi connectivity index (χ3n) is 3.33. The van der Waals surface area contributed by atoms with Crippen molar-refractivity contribution >= 4 is 0 Å². The van der Waals surface area contributed by atoms with Crippen molar-refractivity contribution < 1.29 is 0 Å². The molecule has 0 aromatic carbocycles. The molecular formula is C12H26N2. The monoisotopic (exact) mass is 198 g/mol. The van der Waals surface area contributed by atoms with Crippen molar-refractivity contribution in [2.75, 3.05) is 19.6 Å². The van der Waals surface area contributed by atoms with Crippen LogP contribution < -0.4 is 5.73 Å². The molecule has 1 saturated heterocycles. The van der Waals surface area contributed by atoms with E-state index >= 15 is 0 Å². The van der Waals surface area contributed by atoms with Crippen molar-refractivity contribution in [3.05, 3.63) is 0 Å². The number of hydrogen-bond acceptors (Lipinski definition) is 2. The van der Waals surface area contributed by atoms with E-state index in [9.17, 15) is 0 Å². The van der Waals surface area contributed by atoms with Crippen LogP contribution in [0.1, 0.15) is 46.0 Å². The molecule has 1 rings (SSSR count). The minimum atomic E-state index is 0.387. The quantitative estimate of drug-likeness (QED) is 0.750. The summed E-state index contributed by atoms with van der Waals surface area (Å²) < 4.78 is 0. The Morgan fingerprint density at radius 1 is 1.07 bits per heavy atom. The Balaban J connectivity index is 2.15. The Hall–Kier alpha value is -0.0800. The highest BCUT2D eigenvalue weighted by atomic mass is 15.1. The van der Waals surface area contributed by atoms with Gasteiger partial charge in [0.25, 0.3) is 0 Å². The van der Waals surface area contributed by atoms with Crippen molar-refractivity contribution in [1.82, 2.24) is 4.90 Å². The van der Waals surface area contributed by atoms with Crippen LogP contribution >= 0.6 is 0 Å². The number of nitrogens with zero attached hydrogens (tertiary/aromatic N) is 1. The van der Waals surface area contributed by atoms with Gasteiger partial charge in [0.05, 0.1) is 0 Å². The van der Waals surface area contributed by atoms with E-state index < -0.39 is 0 Å². The van der Waals surface area contributed by atoms with E-state index in [-0.39, 0.29) is 0 Å². The first-order valence-electron chi connectivity index (χ1n) is 6.18. The molecule has 1 heterocycles. The van der Waals surface area contributed by atoms with Crippen molar-refractivity contribution in [2.24, 2.45) is 11.7 Å². The van der Waals surface area contributed by atoms with E-state index in [2.05, 4.69) is 18.7 Å². The summed E-state index contributed by atoms with van der Waals surface area (Å²) in [5, 5.41) is 0. The Bertz CT molecular complexity index is 137. The highest BCUT2D eigenvalue weighted by molar-refractivity contribution is 4.70. The molecule has 1 aliphatic rings. The predicted octanol–water partition coefficient (Wildman–Crippen LogP) is 2.24. The first-order valence-corrected chi connectivity index (χ1v) is 6.18. The molecule has 0 amide bonds. The summed E-state index contributed by atoms with van der Waals surface area (Å²) in [5.74, 6) is 0.627. The number of likely N-dealkylation sites (tertiary alicyclic amines) is 1. The number of hydrogen-bond donors (Lipinski definition) is 1. The van der Waals surface area contributed by atoms with E-state index in [1.165, 1.54) is 45.3 Å². The summed E-state index contributed by atoms with van der Waals surface area (Å²) in [6.07, 6.45) is 6.78. The maximum atomic E-state index is 6.05. The van der Waals surface area contributed by atoms with E-state index in [4.69, 9.17) is 5.73 Å². The Morgan fingerprint density at radius 2 is 1.64 bits per heavy atom. The van der Waals surface area contributed by atoms with E-state index in [0.29, 0.717) is 12.0 Å². The molecule has 1 unspecified atom stereocenters. The summed E-state index contributed by atoms with van der Waals surface area (Å²) >= 11 is 0. The van der Waals surface area contributed by atoms with Gasteiger partial charge in [0.1, 0.15) is 0 Å². The second kappa shape index (κ2) is 6.41. The number of rotatable bonds is 4. The van der Waals surface area contributed by atoms with Gasteiger partial charge in [-0.15, -0.1) is 0 Å². The van der Waals surface area contributed by atoms with Crippen LogP contribution in [0, 0.1) is 5.92 Å². The molecule has 0 saturated carbocycles. The SMILES string of the molecule is CC(C)C(N)CCN1CCCCCC1. The van der Waals surface area contributed by atoms with Gasteiger partial charge in [0, 0.05) is 6.04 Å². The van der Waals surface area contributed by atoms with E-state index in [1.807, 2.05) is 0 Å². The zero-order valence-corrected chi connectivity index (χ0v) is 9.84. The fourth-order valence-electron chi connectivity index (χ4n) is 2.02. The summed E-state index contributed by atoms with van der Waals surface area (Å²) in [6, 6.07) is 0.387. The molecule has 1 fully saturated rings. The van der Waals surface area contributed by atoms with Gasteiger partial charge in [-0.3, -0.25) is 0 Å². The van der Waals surface area contributed by atoms with Gasteiger partial charge in [-0.25, -0.2) is 0 Å². The molecule has 1 aliphatic heterocycles. The van der Waals surface area contributed by atoms with Gasteiger partial charge in [0.2, 0.25) is 0 Å². The normalized spacial score (nSPS) is 22.3. The molecular weight excluding hydrogens is 172 g/mol. The Labute approximate surface area is 88.8 Å². The van der Waals surface area contributed by atoms with Crippen LogP contribution in [-0.4, -0.2) is 30.6 Å². The van der Waals surface area contributed by atoms with Crippen LogP contribution in [0.25, 0.3) is 0 Å². The summed E-state index contributed by atoms with van der Waals surface area (Å²) in [7, 11) is 0.